The van der Waals surface area contributed by atoms with Gasteiger partial charge in [0.25, 0.3) is 0 Å². The van der Waals surface area contributed by atoms with Gasteiger partial charge in [-0.15, -0.1) is 0 Å². The second-order valence-corrected chi connectivity index (χ2v) is 7.40. The lowest BCUT2D eigenvalue weighted by molar-refractivity contribution is 0.0306. The number of fused-ring (bicyclic) bond motifs is 1. The molecule has 1 heteroatoms. The predicted octanol–water partition coefficient (Wildman–Crippen LogP) is 5.39. The Morgan fingerprint density at radius 3 is 2.44 bits per heavy atom. The first-order valence-electron chi connectivity index (χ1n) is 7.70. The number of hydrogen-bond donors (Lipinski definition) is 0. The molecule has 0 nitrogen and oxygen atoms in total. The minimum atomic E-state index is -0.590. The first-order valence-corrected chi connectivity index (χ1v) is 7.70. The highest BCUT2D eigenvalue weighted by Crippen LogP contribution is 2.56. The maximum atomic E-state index is 13.7. The van der Waals surface area contributed by atoms with Gasteiger partial charge in [0.2, 0.25) is 0 Å². The molecule has 0 aromatic heterocycles. The Morgan fingerprint density at radius 2 is 1.89 bits per heavy atom. The molecule has 0 saturated heterocycles. The van der Waals surface area contributed by atoms with Gasteiger partial charge in [-0.2, -0.15) is 0 Å². The van der Waals surface area contributed by atoms with Crippen molar-refractivity contribution in [2.24, 2.45) is 29.1 Å². The van der Waals surface area contributed by atoms with Crippen molar-refractivity contribution in [3.63, 3.8) is 0 Å². The number of rotatable bonds is 2. The molecule has 1 saturated carbocycles. The standard InChI is InChI=1S/C17H29F/c1-11(2)15-7-6-13-10-14(18)8-9-17(13,5)16(15)12(3)4/h6,11-12,14-16H,7-10H2,1-5H3/t14-,15?,16?,17-/m0/s1. The molecule has 18 heavy (non-hydrogen) atoms. The van der Waals surface area contributed by atoms with Crippen LogP contribution in [-0.4, -0.2) is 6.17 Å². The van der Waals surface area contributed by atoms with Crippen LogP contribution in [0.4, 0.5) is 4.39 Å². The van der Waals surface area contributed by atoms with Crippen molar-refractivity contribution < 1.29 is 4.39 Å². The highest BCUT2D eigenvalue weighted by Gasteiger charge is 2.48. The molecular weight excluding hydrogens is 223 g/mol. The maximum Gasteiger partial charge on any atom is 0.104 e. The monoisotopic (exact) mass is 252 g/mol. The lowest BCUT2D eigenvalue weighted by atomic mass is 9.52. The van der Waals surface area contributed by atoms with E-state index >= 15 is 0 Å². The third-order valence-corrected chi connectivity index (χ3v) is 5.56. The summed E-state index contributed by atoms with van der Waals surface area (Å²) in [6, 6.07) is 0. The van der Waals surface area contributed by atoms with Crippen molar-refractivity contribution in [2.75, 3.05) is 0 Å². The Balaban J connectivity index is 2.35. The zero-order chi connectivity index (χ0) is 13.5. The van der Waals surface area contributed by atoms with E-state index in [4.69, 9.17) is 0 Å². The molecule has 0 heterocycles. The fourth-order valence-corrected chi connectivity index (χ4v) is 4.70. The molecule has 0 amide bonds. The van der Waals surface area contributed by atoms with Gasteiger partial charge in [-0.3, -0.25) is 0 Å². The largest absolute Gasteiger partial charge is 0.247 e. The van der Waals surface area contributed by atoms with E-state index in [1.54, 1.807) is 0 Å². The smallest absolute Gasteiger partial charge is 0.104 e. The van der Waals surface area contributed by atoms with Gasteiger partial charge in [-0.05, 0) is 48.3 Å². The van der Waals surface area contributed by atoms with Gasteiger partial charge in [0.15, 0.2) is 0 Å². The SMILES string of the molecule is CC(C)C1CC=C2C[C@@H](F)CC[C@]2(C)C1C(C)C. The minimum Gasteiger partial charge on any atom is -0.247 e. The molecule has 0 aliphatic heterocycles. The number of allylic oxidation sites excluding steroid dienone is 2. The van der Waals surface area contributed by atoms with Crippen LogP contribution in [0.25, 0.3) is 0 Å². The Hall–Kier alpha value is -0.330. The van der Waals surface area contributed by atoms with E-state index in [2.05, 4.69) is 40.7 Å². The highest BCUT2D eigenvalue weighted by atomic mass is 19.1. The molecule has 104 valence electrons. The summed E-state index contributed by atoms with van der Waals surface area (Å²) in [4.78, 5) is 0. The lowest BCUT2D eigenvalue weighted by Gasteiger charge is -2.53. The van der Waals surface area contributed by atoms with Gasteiger partial charge in [0.1, 0.15) is 6.17 Å². The topological polar surface area (TPSA) is 0 Å². The molecule has 2 aliphatic carbocycles. The fourth-order valence-electron chi connectivity index (χ4n) is 4.70. The van der Waals surface area contributed by atoms with Crippen LogP contribution in [0.15, 0.2) is 11.6 Å². The summed E-state index contributed by atoms with van der Waals surface area (Å²) in [6.07, 6.45) is 5.47. The molecule has 0 aromatic rings. The zero-order valence-corrected chi connectivity index (χ0v) is 12.7. The summed E-state index contributed by atoms with van der Waals surface area (Å²) in [6.45, 7) is 11.8. The second-order valence-electron chi connectivity index (χ2n) is 7.40. The van der Waals surface area contributed by atoms with Gasteiger partial charge < -0.3 is 0 Å². The van der Waals surface area contributed by atoms with E-state index in [0.717, 1.165) is 37.0 Å². The molecule has 4 atom stereocenters. The first kappa shape index (κ1) is 14.1. The normalized spacial score (nSPS) is 40.9. The summed E-state index contributed by atoms with van der Waals surface area (Å²) >= 11 is 0. The average molecular weight is 252 g/mol. The summed E-state index contributed by atoms with van der Waals surface area (Å²) < 4.78 is 13.7. The van der Waals surface area contributed by atoms with E-state index in [1.165, 1.54) is 5.57 Å². The van der Waals surface area contributed by atoms with Crippen LogP contribution in [0.1, 0.15) is 60.3 Å². The van der Waals surface area contributed by atoms with Crippen molar-refractivity contribution in [1.82, 2.24) is 0 Å². The molecule has 2 aliphatic rings. The Bertz CT molecular complexity index is 329. The quantitative estimate of drug-likeness (QED) is 0.578. The summed E-state index contributed by atoms with van der Waals surface area (Å²) in [5, 5.41) is 0. The molecule has 2 rings (SSSR count). The Kier molecular flexibility index (Phi) is 3.90. The summed E-state index contributed by atoms with van der Waals surface area (Å²) in [5.41, 5.74) is 1.70. The van der Waals surface area contributed by atoms with Crippen molar-refractivity contribution in [3.8, 4) is 0 Å². The van der Waals surface area contributed by atoms with Crippen molar-refractivity contribution in [2.45, 2.75) is 66.5 Å². The highest BCUT2D eigenvalue weighted by molar-refractivity contribution is 5.23. The minimum absolute atomic E-state index is 0.268. The number of alkyl halides is 1. The molecule has 0 radical (unpaired) electrons. The van der Waals surface area contributed by atoms with Crippen LogP contribution < -0.4 is 0 Å². The molecule has 1 fully saturated rings. The van der Waals surface area contributed by atoms with Crippen LogP contribution in [0.3, 0.4) is 0 Å². The summed E-state index contributed by atoms with van der Waals surface area (Å²) in [5.74, 6) is 2.93. The van der Waals surface area contributed by atoms with E-state index in [-0.39, 0.29) is 5.41 Å². The molecule has 0 N–H and O–H groups in total. The molecule has 0 bridgehead atoms. The van der Waals surface area contributed by atoms with E-state index in [9.17, 15) is 4.39 Å². The summed E-state index contributed by atoms with van der Waals surface area (Å²) in [7, 11) is 0. The van der Waals surface area contributed by atoms with Crippen LogP contribution in [0, 0.1) is 29.1 Å². The third-order valence-electron chi connectivity index (χ3n) is 5.56. The number of halogens is 1. The van der Waals surface area contributed by atoms with E-state index in [1.807, 2.05) is 0 Å². The fraction of sp³-hybridized carbons (Fsp3) is 0.882. The van der Waals surface area contributed by atoms with Crippen molar-refractivity contribution >= 4 is 0 Å². The van der Waals surface area contributed by atoms with Crippen LogP contribution in [0.5, 0.6) is 0 Å². The van der Waals surface area contributed by atoms with Gasteiger partial charge in [0, 0.05) is 6.42 Å². The zero-order valence-electron chi connectivity index (χ0n) is 12.7. The van der Waals surface area contributed by atoms with Crippen LogP contribution in [0.2, 0.25) is 0 Å². The third kappa shape index (κ3) is 2.26. The average Bonchev–Trinajstić information content (AvgIpc) is 2.27. The van der Waals surface area contributed by atoms with Gasteiger partial charge >= 0.3 is 0 Å². The molecule has 0 aromatic carbocycles. The van der Waals surface area contributed by atoms with Crippen molar-refractivity contribution in [3.05, 3.63) is 11.6 Å². The Labute approximate surface area is 112 Å². The number of hydrogen-bond acceptors (Lipinski definition) is 0. The molecule has 0 spiro atoms. The lowest BCUT2D eigenvalue weighted by Crippen LogP contribution is -2.45. The van der Waals surface area contributed by atoms with Crippen LogP contribution >= 0.6 is 0 Å². The van der Waals surface area contributed by atoms with E-state index in [0.29, 0.717) is 12.3 Å². The van der Waals surface area contributed by atoms with Crippen molar-refractivity contribution in [1.29, 1.82) is 0 Å². The van der Waals surface area contributed by atoms with Gasteiger partial charge in [-0.1, -0.05) is 46.3 Å². The second kappa shape index (κ2) is 4.98. The predicted molar refractivity (Wildman–Crippen MR) is 76.2 cm³/mol. The van der Waals surface area contributed by atoms with E-state index < -0.39 is 6.17 Å². The van der Waals surface area contributed by atoms with Gasteiger partial charge in [0.05, 0.1) is 0 Å². The first-order chi connectivity index (χ1) is 8.36. The maximum absolute atomic E-state index is 13.7. The molecular formula is C17H29F. The van der Waals surface area contributed by atoms with Crippen LogP contribution in [-0.2, 0) is 0 Å². The van der Waals surface area contributed by atoms with Gasteiger partial charge in [-0.25, -0.2) is 4.39 Å². The Morgan fingerprint density at radius 1 is 1.22 bits per heavy atom. The molecule has 2 unspecified atom stereocenters.